The van der Waals surface area contributed by atoms with Gasteiger partial charge in [-0.3, -0.25) is 0 Å². The van der Waals surface area contributed by atoms with Crippen LogP contribution in [0.15, 0.2) is 59.2 Å². The maximum Gasteiger partial charge on any atom is 0.198 e. The van der Waals surface area contributed by atoms with Crippen molar-refractivity contribution in [3.8, 4) is 11.3 Å². The number of nitrogens with two attached hydrogens (primary N) is 1. The summed E-state index contributed by atoms with van der Waals surface area (Å²) in [5, 5.41) is 18.5. The zero-order chi connectivity index (χ0) is 19.3. The number of aryl methyl sites for hydroxylation is 2. The summed E-state index contributed by atoms with van der Waals surface area (Å²) in [7, 11) is 0. The van der Waals surface area contributed by atoms with Crippen LogP contribution >= 0.6 is 12.4 Å². The highest BCUT2D eigenvalue weighted by Crippen LogP contribution is 2.22. The van der Waals surface area contributed by atoms with E-state index in [2.05, 4.69) is 36.2 Å². The Hall–Kier alpha value is -2.18. The molecule has 28 heavy (non-hydrogen) atoms. The Morgan fingerprint density at radius 2 is 1.57 bits per heavy atom. The van der Waals surface area contributed by atoms with E-state index in [9.17, 15) is 10.2 Å². The third-order valence-electron chi connectivity index (χ3n) is 4.82. The van der Waals surface area contributed by atoms with Gasteiger partial charge in [0, 0.05) is 12.0 Å². The lowest BCUT2D eigenvalue weighted by Crippen LogP contribution is -2.47. The number of nitrogens with zero attached hydrogens (tertiary/aromatic N) is 1. The average molecular weight is 403 g/mol. The van der Waals surface area contributed by atoms with Crippen molar-refractivity contribution in [2.24, 2.45) is 5.73 Å². The molecule has 4 N–H and O–H groups in total. The molecule has 2 aromatic carbocycles. The highest BCUT2D eigenvalue weighted by atomic mass is 35.5. The minimum atomic E-state index is -0.935. The first-order chi connectivity index (χ1) is 13.0. The molecule has 0 amide bonds. The number of aliphatic hydroxyl groups excluding tert-OH is 2. The van der Waals surface area contributed by atoms with Crippen molar-refractivity contribution in [2.45, 2.75) is 31.7 Å². The summed E-state index contributed by atoms with van der Waals surface area (Å²) < 4.78 is 5.62. The summed E-state index contributed by atoms with van der Waals surface area (Å²) >= 11 is 0. The second kappa shape index (κ2) is 9.85. The molecule has 150 valence electrons. The molecule has 0 fully saturated rings. The third kappa shape index (κ3) is 5.66. The molecule has 0 saturated carbocycles. The maximum absolute atomic E-state index is 9.27. The van der Waals surface area contributed by atoms with Crippen molar-refractivity contribution in [1.29, 1.82) is 0 Å². The van der Waals surface area contributed by atoms with Crippen LogP contribution in [0.2, 0.25) is 0 Å². The minimum Gasteiger partial charge on any atom is -0.448 e. The van der Waals surface area contributed by atoms with Crippen molar-refractivity contribution < 1.29 is 14.6 Å². The molecule has 0 aliphatic carbocycles. The standard InChI is InChI=1S/C22H26N2O3.ClH/c1-16-2-4-18(5-3-16)12-21-24-20(13-27-21)19-8-6-17(7-9-19)10-11-22(23,14-25)15-26;/h2-9,13,25-26H,10-12,14-15,23H2,1H3;1H. The lowest BCUT2D eigenvalue weighted by Gasteiger charge is -2.24. The van der Waals surface area contributed by atoms with Crippen LogP contribution in [0.5, 0.6) is 0 Å². The fourth-order valence-corrected chi connectivity index (χ4v) is 2.85. The quantitative estimate of drug-likeness (QED) is 0.537. The molecule has 0 aliphatic rings. The van der Waals surface area contributed by atoms with Crippen LogP contribution in [-0.4, -0.2) is 33.9 Å². The molecule has 0 atom stereocenters. The molecule has 5 nitrogen and oxygen atoms in total. The van der Waals surface area contributed by atoms with Gasteiger partial charge < -0.3 is 20.4 Å². The van der Waals surface area contributed by atoms with Crippen LogP contribution in [0.4, 0.5) is 0 Å². The van der Waals surface area contributed by atoms with Crippen LogP contribution in [0.1, 0.15) is 29.0 Å². The van der Waals surface area contributed by atoms with E-state index in [0.29, 0.717) is 25.2 Å². The van der Waals surface area contributed by atoms with E-state index < -0.39 is 5.54 Å². The summed E-state index contributed by atoms with van der Waals surface area (Å²) in [6.07, 6.45) is 3.56. The van der Waals surface area contributed by atoms with Gasteiger partial charge in [0.15, 0.2) is 5.89 Å². The average Bonchev–Trinajstić information content (AvgIpc) is 3.17. The molecule has 3 rings (SSSR count). The second-order valence-electron chi connectivity index (χ2n) is 7.16. The Kier molecular flexibility index (Phi) is 7.78. The normalized spacial score (nSPS) is 11.3. The topological polar surface area (TPSA) is 92.5 Å². The lowest BCUT2D eigenvalue weighted by atomic mass is 9.93. The fourth-order valence-electron chi connectivity index (χ4n) is 2.85. The van der Waals surface area contributed by atoms with E-state index in [4.69, 9.17) is 10.2 Å². The predicted molar refractivity (Wildman–Crippen MR) is 113 cm³/mol. The van der Waals surface area contributed by atoms with Crippen LogP contribution in [0, 0.1) is 6.92 Å². The Morgan fingerprint density at radius 1 is 0.964 bits per heavy atom. The Labute approximate surface area is 171 Å². The van der Waals surface area contributed by atoms with Gasteiger partial charge in [-0.2, -0.15) is 0 Å². The molecule has 1 aromatic heterocycles. The Balaban J connectivity index is 0.00000280. The van der Waals surface area contributed by atoms with Crippen molar-refractivity contribution in [3.05, 3.63) is 77.4 Å². The number of hydrogen-bond donors (Lipinski definition) is 3. The molecule has 6 heteroatoms. The van der Waals surface area contributed by atoms with Gasteiger partial charge in [-0.05, 0) is 30.9 Å². The number of hydrogen-bond acceptors (Lipinski definition) is 5. The summed E-state index contributed by atoms with van der Waals surface area (Å²) in [6.45, 7) is 1.60. The molecular weight excluding hydrogens is 376 g/mol. The molecule has 3 aromatic rings. The van der Waals surface area contributed by atoms with E-state index in [1.54, 1.807) is 6.26 Å². The Morgan fingerprint density at radius 3 is 2.18 bits per heavy atom. The number of aliphatic hydroxyl groups is 2. The van der Waals surface area contributed by atoms with Gasteiger partial charge in [0.2, 0.25) is 0 Å². The van der Waals surface area contributed by atoms with E-state index in [0.717, 1.165) is 16.8 Å². The highest BCUT2D eigenvalue weighted by Gasteiger charge is 2.22. The summed E-state index contributed by atoms with van der Waals surface area (Å²) in [6, 6.07) is 16.4. The van der Waals surface area contributed by atoms with Crippen LogP contribution in [0.25, 0.3) is 11.3 Å². The minimum absolute atomic E-state index is 0. The van der Waals surface area contributed by atoms with Crippen LogP contribution in [-0.2, 0) is 12.8 Å². The Bertz CT molecular complexity index is 856. The first-order valence-electron chi connectivity index (χ1n) is 9.11. The first-order valence-corrected chi connectivity index (χ1v) is 9.11. The van der Waals surface area contributed by atoms with Gasteiger partial charge in [0.1, 0.15) is 12.0 Å². The molecule has 1 heterocycles. The van der Waals surface area contributed by atoms with Crippen molar-refractivity contribution in [1.82, 2.24) is 4.98 Å². The number of rotatable bonds is 8. The summed E-state index contributed by atoms with van der Waals surface area (Å²) in [4.78, 5) is 4.59. The third-order valence-corrected chi connectivity index (χ3v) is 4.82. The van der Waals surface area contributed by atoms with Crippen molar-refractivity contribution in [3.63, 3.8) is 0 Å². The molecule has 0 bridgehead atoms. The number of benzene rings is 2. The number of aromatic nitrogens is 1. The van der Waals surface area contributed by atoms with E-state index in [-0.39, 0.29) is 25.6 Å². The monoisotopic (exact) mass is 402 g/mol. The van der Waals surface area contributed by atoms with E-state index >= 15 is 0 Å². The molecule has 0 aliphatic heterocycles. The number of halogens is 1. The van der Waals surface area contributed by atoms with Crippen molar-refractivity contribution >= 4 is 12.4 Å². The summed E-state index contributed by atoms with van der Waals surface area (Å²) in [5.41, 5.74) is 10.3. The maximum atomic E-state index is 9.27. The van der Waals surface area contributed by atoms with Gasteiger partial charge in [0.25, 0.3) is 0 Å². The summed E-state index contributed by atoms with van der Waals surface area (Å²) in [5.74, 6) is 0.691. The lowest BCUT2D eigenvalue weighted by molar-refractivity contribution is 0.115. The van der Waals surface area contributed by atoms with Crippen LogP contribution in [0.3, 0.4) is 0 Å². The van der Waals surface area contributed by atoms with Crippen molar-refractivity contribution in [2.75, 3.05) is 13.2 Å². The van der Waals surface area contributed by atoms with E-state index in [1.165, 1.54) is 11.1 Å². The fraction of sp³-hybridized carbons (Fsp3) is 0.318. The van der Waals surface area contributed by atoms with Crippen LogP contribution < -0.4 is 5.73 Å². The smallest absolute Gasteiger partial charge is 0.198 e. The van der Waals surface area contributed by atoms with Gasteiger partial charge in [-0.1, -0.05) is 54.1 Å². The molecule has 0 unspecified atom stereocenters. The van der Waals surface area contributed by atoms with Gasteiger partial charge >= 0.3 is 0 Å². The van der Waals surface area contributed by atoms with Gasteiger partial charge in [-0.25, -0.2) is 4.98 Å². The predicted octanol–water partition coefficient (Wildman–Crippen LogP) is 3.28. The molecule has 0 spiro atoms. The zero-order valence-electron chi connectivity index (χ0n) is 16.0. The van der Waals surface area contributed by atoms with Gasteiger partial charge in [0.05, 0.1) is 18.8 Å². The largest absolute Gasteiger partial charge is 0.448 e. The first kappa shape index (κ1) is 22.1. The van der Waals surface area contributed by atoms with Gasteiger partial charge in [-0.15, -0.1) is 12.4 Å². The second-order valence-corrected chi connectivity index (χ2v) is 7.16. The molecular formula is C22H27ClN2O3. The highest BCUT2D eigenvalue weighted by molar-refractivity contribution is 5.85. The zero-order valence-corrected chi connectivity index (χ0v) is 16.8. The SMILES string of the molecule is Cc1ccc(Cc2nc(-c3ccc(CCC(N)(CO)CO)cc3)co2)cc1.Cl. The molecule has 0 saturated heterocycles. The van der Waals surface area contributed by atoms with E-state index in [1.807, 2.05) is 24.3 Å². The molecule has 0 radical (unpaired) electrons. The number of oxazole rings is 1.